The number of nitrogens with one attached hydrogen (secondary N) is 1. The lowest BCUT2D eigenvalue weighted by atomic mass is 10.0. The third-order valence-corrected chi connectivity index (χ3v) is 6.98. The Bertz CT molecular complexity index is 1060. The highest BCUT2D eigenvalue weighted by Gasteiger charge is 2.40. The molecule has 28 heavy (non-hydrogen) atoms. The fourth-order valence-electron chi connectivity index (χ4n) is 4.38. The van der Waals surface area contributed by atoms with Crippen molar-refractivity contribution in [1.29, 1.82) is 0 Å². The maximum absolute atomic E-state index is 12.7. The molecule has 2 atom stereocenters. The summed E-state index contributed by atoms with van der Waals surface area (Å²) in [5.41, 5.74) is 3.33. The van der Waals surface area contributed by atoms with Gasteiger partial charge in [0.1, 0.15) is 6.04 Å². The number of aromatic nitrogens is 1. The van der Waals surface area contributed by atoms with Gasteiger partial charge in [-0.1, -0.05) is 23.8 Å². The fraction of sp³-hybridized carbons (Fsp3) is 0.318. The molecule has 2 aliphatic heterocycles. The summed E-state index contributed by atoms with van der Waals surface area (Å²) >= 11 is 1.75. The van der Waals surface area contributed by atoms with E-state index in [2.05, 4.69) is 12.1 Å². The summed E-state index contributed by atoms with van der Waals surface area (Å²) in [6, 6.07) is 14.2. The fourth-order valence-corrected chi connectivity index (χ4v) is 5.54. The average molecular weight is 393 g/mol. The SMILES string of the molecule is Cc1ccc2c(c1)C(=O)C(=O)N2C[NH+]1CCCC[C@H]1c1nc2ccccc2s1. The molecule has 1 saturated heterocycles. The molecule has 0 radical (unpaired) electrons. The van der Waals surface area contributed by atoms with Crippen LogP contribution in [0, 0.1) is 6.92 Å². The first-order valence-corrected chi connectivity index (χ1v) is 10.6. The normalized spacial score (nSPS) is 22.1. The largest absolute Gasteiger partial charge is 0.309 e. The molecule has 3 aromatic rings. The maximum atomic E-state index is 12.7. The van der Waals surface area contributed by atoms with E-state index in [-0.39, 0.29) is 11.8 Å². The van der Waals surface area contributed by atoms with Crippen LogP contribution in [0.3, 0.4) is 0 Å². The van der Waals surface area contributed by atoms with E-state index in [1.165, 1.54) is 16.0 Å². The zero-order chi connectivity index (χ0) is 19.3. The molecule has 6 heteroatoms. The molecule has 0 saturated carbocycles. The highest BCUT2D eigenvalue weighted by Crippen LogP contribution is 2.31. The molecule has 2 aromatic carbocycles. The van der Waals surface area contributed by atoms with Crippen LogP contribution in [0.2, 0.25) is 0 Å². The third-order valence-electron chi connectivity index (χ3n) is 5.83. The molecular weight excluding hydrogens is 370 g/mol. The van der Waals surface area contributed by atoms with Crippen molar-refractivity contribution in [3.05, 3.63) is 58.6 Å². The summed E-state index contributed by atoms with van der Waals surface area (Å²) in [5, 5.41) is 1.14. The molecule has 2 aliphatic rings. The number of benzene rings is 2. The number of hydrogen-bond acceptors (Lipinski definition) is 4. The molecule has 5 nitrogen and oxygen atoms in total. The van der Waals surface area contributed by atoms with Gasteiger partial charge < -0.3 is 4.90 Å². The van der Waals surface area contributed by atoms with Gasteiger partial charge in [0.05, 0.1) is 28.0 Å². The highest BCUT2D eigenvalue weighted by atomic mass is 32.1. The van der Waals surface area contributed by atoms with E-state index >= 15 is 0 Å². The van der Waals surface area contributed by atoms with Gasteiger partial charge in [0.2, 0.25) is 0 Å². The number of piperidine rings is 1. The van der Waals surface area contributed by atoms with Crippen LogP contribution in [-0.4, -0.2) is 29.9 Å². The predicted octanol–water partition coefficient (Wildman–Crippen LogP) is 2.90. The first kappa shape index (κ1) is 17.5. The number of amides is 1. The Morgan fingerprint density at radius 1 is 1.18 bits per heavy atom. The summed E-state index contributed by atoms with van der Waals surface area (Å²) in [6.07, 6.45) is 3.37. The number of rotatable bonds is 3. The maximum Gasteiger partial charge on any atom is 0.303 e. The van der Waals surface area contributed by atoms with Crippen molar-refractivity contribution in [2.45, 2.75) is 32.2 Å². The van der Waals surface area contributed by atoms with Crippen molar-refractivity contribution in [2.24, 2.45) is 0 Å². The smallest absolute Gasteiger partial charge is 0.303 e. The Labute approximate surface area is 167 Å². The standard InChI is InChI=1S/C22H21N3O2S/c1-14-9-10-17-15(12-14)20(26)22(27)25(17)13-24-11-5-4-7-18(24)21-23-16-6-2-3-8-19(16)28-21/h2-3,6,8-10,12,18H,4-5,7,11,13H2,1H3/p+1/t18-/m0/s1. The van der Waals surface area contributed by atoms with Gasteiger partial charge in [0, 0.05) is 6.42 Å². The molecule has 1 aromatic heterocycles. The first-order valence-electron chi connectivity index (χ1n) is 9.79. The van der Waals surface area contributed by atoms with Crippen molar-refractivity contribution in [3.63, 3.8) is 0 Å². The van der Waals surface area contributed by atoms with E-state index in [1.807, 2.05) is 37.3 Å². The lowest BCUT2D eigenvalue weighted by molar-refractivity contribution is -0.935. The molecule has 0 aliphatic carbocycles. The van der Waals surface area contributed by atoms with Gasteiger partial charge in [-0.15, -0.1) is 11.3 Å². The molecular formula is C22H22N3O2S+. The third kappa shape index (κ3) is 2.84. The second kappa shape index (κ2) is 6.79. The number of ketones is 1. The van der Waals surface area contributed by atoms with Crippen molar-refractivity contribution in [2.75, 3.05) is 18.1 Å². The zero-order valence-electron chi connectivity index (χ0n) is 15.8. The Morgan fingerprint density at radius 2 is 2.04 bits per heavy atom. The van der Waals surface area contributed by atoms with Gasteiger partial charge in [0.25, 0.3) is 5.78 Å². The Morgan fingerprint density at radius 3 is 2.89 bits per heavy atom. The van der Waals surface area contributed by atoms with Gasteiger partial charge in [-0.25, -0.2) is 4.98 Å². The Balaban J connectivity index is 1.46. The molecule has 3 heterocycles. The number of carbonyl (C=O) groups excluding carboxylic acids is 2. The summed E-state index contributed by atoms with van der Waals surface area (Å²) in [6.45, 7) is 3.45. The van der Waals surface area contributed by atoms with Crippen molar-refractivity contribution < 1.29 is 14.5 Å². The van der Waals surface area contributed by atoms with Crippen LogP contribution in [0.1, 0.15) is 46.2 Å². The number of para-hydroxylation sites is 1. The summed E-state index contributed by atoms with van der Waals surface area (Å²) in [7, 11) is 0. The average Bonchev–Trinajstić information content (AvgIpc) is 3.24. The number of anilines is 1. The van der Waals surface area contributed by atoms with Crippen LogP contribution in [0.25, 0.3) is 10.2 Å². The number of carbonyl (C=O) groups is 2. The quantitative estimate of drug-likeness (QED) is 0.698. The van der Waals surface area contributed by atoms with Crippen molar-refractivity contribution in [3.8, 4) is 0 Å². The molecule has 0 spiro atoms. The topological polar surface area (TPSA) is 54.7 Å². The number of fused-ring (bicyclic) bond motifs is 2. The highest BCUT2D eigenvalue weighted by molar-refractivity contribution is 7.18. The number of Topliss-reactive ketones (excluding diaryl/α,β-unsaturated/α-hetero) is 1. The van der Waals surface area contributed by atoms with Gasteiger partial charge in [-0.3, -0.25) is 14.5 Å². The number of hydrogen-bond donors (Lipinski definition) is 1. The zero-order valence-corrected chi connectivity index (χ0v) is 16.6. The second-order valence-electron chi connectivity index (χ2n) is 7.72. The van der Waals surface area contributed by atoms with Gasteiger partial charge in [0.15, 0.2) is 11.7 Å². The minimum Gasteiger partial charge on any atom is -0.309 e. The number of aryl methyl sites for hydroxylation is 1. The molecule has 142 valence electrons. The minimum atomic E-state index is -0.401. The molecule has 1 unspecified atom stereocenters. The van der Waals surface area contributed by atoms with E-state index in [4.69, 9.17) is 4.98 Å². The van der Waals surface area contributed by atoms with E-state index in [1.54, 1.807) is 16.2 Å². The van der Waals surface area contributed by atoms with Crippen LogP contribution in [0.4, 0.5) is 5.69 Å². The van der Waals surface area contributed by atoms with Crippen molar-refractivity contribution >= 4 is 38.9 Å². The first-order chi connectivity index (χ1) is 13.6. The van der Waals surface area contributed by atoms with Crippen LogP contribution in [-0.2, 0) is 4.79 Å². The van der Waals surface area contributed by atoms with E-state index in [0.717, 1.165) is 41.2 Å². The number of quaternary nitrogens is 1. The molecule has 1 N–H and O–H groups in total. The van der Waals surface area contributed by atoms with Gasteiger partial charge >= 0.3 is 5.91 Å². The van der Waals surface area contributed by atoms with Crippen LogP contribution in [0.15, 0.2) is 42.5 Å². The Hall–Kier alpha value is -2.57. The van der Waals surface area contributed by atoms with Gasteiger partial charge in [-0.05, 0) is 44.0 Å². The predicted molar refractivity (Wildman–Crippen MR) is 110 cm³/mol. The number of thiazole rings is 1. The lowest BCUT2D eigenvalue weighted by Gasteiger charge is -2.33. The van der Waals surface area contributed by atoms with Crippen molar-refractivity contribution in [1.82, 2.24) is 4.98 Å². The number of nitrogens with zero attached hydrogens (tertiary/aromatic N) is 2. The van der Waals surface area contributed by atoms with Crippen LogP contribution in [0.5, 0.6) is 0 Å². The Kier molecular flexibility index (Phi) is 4.25. The summed E-state index contributed by atoms with van der Waals surface area (Å²) in [4.78, 5) is 33.0. The van der Waals surface area contributed by atoms with Crippen LogP contribution < -0.4 is 9.80 Å². The van der Waals surface area contributed by atoms with E-state index in [9.17, 15) is 9.59 Å². The monoisotopic (exact) mass is 392 g/mol. The molecule has 1 fully saturated rings. The van der Waals surface area contributed by atoms with E-state index < -0.39 is 5.91 Å². The summed E-state index contributed by atoms with van der Waals surface area (Å²) < 4.78 is 1.20. The summed E-state index contributed by atoms with van der Waals surface area (Å²) in [5.74, 6) is -0.784. The molecule has 1 amide bonds. The van der Waals surface area contributed by atoms with E-state index in [0.29, 0.717) is 12.2 Å². The lowest BCUT2D eigenvalue weighted by Crippen LogP contribution is -3.14. The van der Waals surface area contributed by atoms with Crippen LogP contribution >= 0.6 is 11.3 Å². The molecule has 5 rings (SSSR count). The molecule has 0 bridgehead atoms. The van der Waals surface area contributed by atoms with Gasteiger partial charge in [-0.2, -0.15) is 0 Å². The second-order valence-corrected chi connectivity index (χ2v) is 8.78. The minimum absolute atomic E-state index is 0.267. The number of likely N-dealkylation sites (tertiary alicyclic amines) is 1.